The molecule has 3 rings (SSSR count). The van der Waals surface area contributed by atoms with Gasteiger partial charge in [0.1, 0.15) is 5.41 Å². The van der Waals surface area contributed by atoms with Gasteiger partial charge in [0.15, 0.2) is 5.79 Å². The summed E-state index contributed by atoms with van der Waals surface area (Å²) in [5.41, 5.74) is 1.20. The Balaban J connectivity index is 1.88. The first kappa shape index (κ1) is 15.4. The van der Waals surface area contributed by atoms with Crippen molar-refractivity contribution < 1.29 is 19.0 Å². The Bertz CT molecular complexity index is 524. The number of carbonyl (C=O) groups is 1. The third kappa shape index (κ3) is 2.63. The summed E-state index contributed by atoms with van der Waals surface area (Å²) in [5, 5.41) is 0. The number of ether oxygens (including phenoxy) is 3. The normalized spacial score (nSPS) is 22.6. The average Bonchev–Trinajstić information content (AvgIpc) is 2.98. The zero-order valence-corrected chi connectivity index (χ0v) is 13.3. The summed E-state index contributed by atoms with van der Waals surface area (Å²) in [7, 11) is 0. The number of carbonyl (C=O) groups excluding carboxylic acids is 1. The van der Waals surface area contributed by atoms with E-state index in [0.717, 1.165) is 11.3 Å². The fourth-order valence-electron chi connectivity index (χ4n) is 3.43. The highest BCUT2D eigenvalue weighted by molar-refractivity contribution is 5.82. The molecule has 1 saturated carbocycles. The van der Waals surface area contributed by atoms with Crippen LogP contribution in [-0.4, -0.2) is 36.6 Å². The second-order valence-corrected chi connectivity index (χ2v) is 6.13. The smallest absolute Gasteiger partial charge is 0.318 e. The fourth-order valence-corrected chi connectivity index (χ4v) is 3.43. The average molecular weight is 305 g/mol. The van der Waals surface area contributed by atoms with Crippen LogP contribution in [0.25, 0.3) is 0 Å². The Hall–Kier alpha value is -1.46. The Kier molecular flexibility index (Phi) is 4.19. The van der Waals surface area contributed by atoms with Gasteiger partial charge in [-0.2, -0.15) is 0 Å². The number of hydrogen-bond donors (Lipinski definition) is 0. The van der Waals surface area contributed by atoms with Crippen LogP contribution in [0, 0.1) is 6.92 Å². The molecule has 0 amide bonds. The Labute approximate surface area is 131 Å². The quantitative estimate of drug-likeness (QED) is 0.803. The molecule has 2 fully saturated rings. The van der Waals surface area contributed by atoms with Gasteiger partial charge in [-0.15, -0.1) is 0 Å². The van der Waals surface area contributed by atoms with Gasteiger partial charge >= 0.3 is 5.97 Å². The van der Waals surface area contributed by atoms with E-state index >= 15 is 0 Å². The maximum Gasteiger partial charge on any atom is 0.318 e. The minimum absolute atomic E-state index is 0.181. The molecule has 22 heavy (non-hydrogen) atoms. The van der Waals surface area contributed by atoms with Gasteiger partial charge < -0.3 is 14.2 Å². The molecule has 1 aromatic rings. The van der Waals surface area contributed by atoms with Gasteiger partial charge in [-0.25, -0.2) is 0 Å². The van der Waals surface area contributed by atoms with Gasteiger partial charge in [0.25, 0.3) is 0 Å². The van der Waals surface area contributed by atoms with E-state index in [4.69, 9.17) is 14.2 Å². The predicted molar refractivity (Wildman–Crippen MR) is 80.4 cm³/mol. The lowest BCUT2D eigenvalue weighted by molar-refractivity contribution is -0.191. The monoisotopic (exact) mass is 305 g/mol. The van der Waals surface area contributed by atoms with Crippen molar-refractivity contribution in [2.24, 2.45) is 0 Å². The van der Waals surface area contributed by atoms with Crippen LogP contribution in [-0.2, 0) is 24.4 Å². The molecule has 5 nitrogen and oxygen atoms in total. The Morgan fingerprint density at radius 1 is 1.23 bits per heavy atom. The standard InChI is InChI=1S/C17H23NO4/c1-3-20-15(19)16(14-5-4-13(2)12-18-14)6-8-17(9-7-16)21-10-11-22-17/h4-5,12H,3,6-11H2,1-2H3. The summed E-state index contributed by atoms with van der Waals surface area (Å²) in [6, 6.07) is 3.94. The molecule has 0 bridgehead atoms. The van der Waals surface area contributed by atoms with Crippen LogP contribution in [0.5, 0.6) is 0 Å². The second-order valence-electron chi connectivity index (χ2n) is 6.13. The van der Waals surface area contributed by atoms with Crippen LogP contribution in [0.4, 0.5) is 0 Å². The van der Waals surface area contributed by atoms with Gasteiger partial charge in [0.2, 0.25) is 0 Å². The van der Waals surface area contributed by atoms with Crippen molar-refractivity contribution in [2.75, 3.05) is 19.8 Å². The number of esters is 1. The molecule has 5 heteroatoms. The van der Waals surface area contributed by atoms with Crippen LogP contribution in [0.2, 0.25) is 0 Å². The molecule has 1 saturated heterocycles. The number of aryl methyl sites for hydroxylation is 1. The summed E-state index contributed by atoms with van der Waals surface area (Å²) < 4.78 is 16.9. The number of rotatable bonds is 3. The number of aromatic nitrogens is 1. The summed E-state index contributed by atoms with van der Waals surface area (Å²) >= 11 is 0. The fraction of sp³-hybridized carbons (Fsp3) is 0.647. The number of hydrogen-bond acceptors (Lipinski definition) is 5. The van der Waals surface area contributed by atoms with Gasteiger partial charge in [-0.1, -0.05) is 6.07 Å². The molecule has 0 N–H and O–H groups in total. The molecule has 1 aliphatic carbocycles. The van der Waals surface area contributed by atoms with Crippen LogP contribution < -0.4 is 0 Å². The van der Waals surface area contributed by atoms with E-state index in [1.54, 1.807) is 0 Å². The van der Waals surface area contributed by atoms with E-state index < -0.39 is 11.2 Å². The highest BCUT2D eigenvalue weighted by Gasteiger charge is 2.52. The van der Waals surface area contributed by atoms with Crippen molar-refractivity contribution in [3.8, 4) is 0 Å². The van der Waals surface area contributed by atoms with E-state index in [1.807, 2.05) is 32.2 Å². The topological polar surface area (TPSA) is 57.7 Å². The van der Waals surface area contributed by atoms with Crippen molar-refractivity contribution in [1.82, 2.24) is 4.98 Å². The third-order valence-corrected chi connectivity index (χ3v) is 4.75. The zero-order valence-electron chi connectivity index (χ0n) is 13.3. The van der Waals surface area contributed by atoms with Crippen molar-refractivity contribution in [1.29, 1.82) is 0 Å². The van der Waals surface area contributed by atoms with Gasteiger partial charge in [0, 0.05) is 19.0 Å². The van der Waals surface area contributed by atoms with Gasteiger partial charge in [-0.3, -0.25) is 9.78 Å². The Morgan fingerprint density at radius 3 is 2.45 bits per heavy atom. The SMILES string of the molecule is CCOC(=O)C1(c2ccc(C)cn2)CCC2(CC1)OCCO2. The molecule has 1 aliphatic heterocycles. The minimum Gasteiger partial charge on any atom is -0.465 e. The summed E-state index contributed by atoms with van der Waals surface area (Å²) in [6.07, 6.45) is 4.48. The second kappa shape index (κ2) is 5.97. The molecule has 1 aromatic heterocycles. The molecule has 2 aliphatic rings. The van der Waals surface area contributed by atoms with Crippen molar-refractivity contribution >= 4 is 5.97 Å². The van der Waals surface area contributed by atoms with Crippen LogP contribution in [0.3, 0.4) is 0 Å². The molecule has 0 atom stereocenters. The molecule has 0 unspecified atom stereocenters. The molecular weight excluding hydrogens is 282 g/mol. The Morgan fingerprint density at radius 2 is 1.91 bits per heavy atom. The van der Waals surface area contributed by atoms with Gasteiger partial charge in [0.05, 0.1) is 25.5 Å². The highest BCUT2D eigenvalue weighted by Crippen LogP contribution is 2.46. The predicted octanol–water partition coefficient (Wildman–Crippen LogP) is 2.51. The molecule has 2 heterocycles. The first-order chi connectivity index (χ1) is 10.6. The number of pyridine rings is 1. The minimum atomic E-state index is -0.676. The van der Waals surface area contributed by atoms with Crippen molar-refractivity contribution in [3.05, 3.63) is 29.6 Å². The van der Waals surface area contributed by atoms with Gasteiger partial charge in [-0.05, 0) is 38.3 Å². The van der Waals surface area contributed by atoms with E-state index in [1.165, 1.54) is 0 Å². The third-order valence-electron chi connectivity index (χ3n) is 4.75. The van der Waals surface area contributed by atoms with E-state index in [-0.39, 0.29) is 5.97 Å². The molecular formula is C17H23NO4. The highest BCUT2D eigenvalue weighted by atomic mass is 16.7. The van der Waals surface area contributed by atoms with Crippen molar-refractivity contribution in [3.63, 3.8) is 0 Å². The lowest BCUT2D eigenvalue weighted by atomic mass is 9.69. The maximum absolute atomic E-state index is 12.7. The first-order valence-corrected chi connectivity index (χ1v) is 7.99. The van der Waals surface area contributed by atoms with E-state index in [2.05, 4.69) is 4.98 Å². The van der Waals surface area contributed by atoms with E-state index in [0.29, 0.717) is 45.5 Å². The van der Waals surface area contributed by atoms with Crippen LogP contribution in [0.15, 0.2) is 18.3 Å². The maximum atomic E-state index is 12.7. The van der Waals surface area contributed by atoms with Crippen molar-refractivity contribution in [2.45, 2.75) is 50.7 Å². The summed E-state index contributed by atoms with van der Waals surface area (Å²) in [6.45, 7) is 5.47. The molecule has 0 aromatic carbocycles. The van der Waals surface area contributed by atoms with Crippen LogP contribution in [0.1, 0.15) is 43.9 Å². The van der Waals surface area contributed by atoms with Crippen LogP contribution >= 0.6 is 0 Å². The lowest BCUT2D eigenvalue weighted by Crippen LogP contribution is -2.47. The first-order valence-electron chi connectivity index (χ1n) is 7.99. The summed E-state index contributed by atoms with van der Waals surface area (Å²) in [4.78, 5) is 17.2. The van der Waals surface area contributed by atoms with E-state index in [9.17, 15) is 4.79 Å². The molecule has 120 valence electrons. The summed E-state index contributed by atoms with van der Waals surface area (Å²) in [5.74, 6) is -0.681. The zero-order chi connectivity index (χ0) is 15.6. The largest absolute Gasteiger partial charge is 0.465 e. The molecule has 0 radical (unpaired) electrons. The lowest BCUT2D eigenvalue weighted by Gasteiger charge is -2.41. The molecule has 1 spiro atoms. The number of nitrogens with zero attached hydrogens (tertiary/aromatic N) is 1.